The molecule has 0 bridgehead atoms. The van der Waals surface area contributed by atoms with Crippen molar-refractivity contribution in [3.63, 3.8) is 0 Å². The molecule has 116 valence electrons. The third-order valence-electron chi connectivity index (χ3n) is 3.70. The number of hydrogen-bond donors (Lipinski definition) is 1. The summed E-state index contributed by atoms with van der Waals surface area (Å²) in [4.78, 5) is 12.0. The van der Waals surface area contributed by atoms with Gasteiger partial charge in [0.1, 0.15) is 0 Å². The van der Waals surface area contributed by atoms with Gasteiger partial charge in [0.05, 0.1) is 17.8 Å². The highest BCUT2D eigenvalue weighted by Crippen LogP contribution is 2.27. The zero-order chi connectivity index (χ0) is 16.2. The standard InChI is InChI=1S/C19H18N2O2/c1-3-23-19(22)12-17(14-7-5-4-6-8-14)15-9-10-18-16(11-15)13(2)20-21-18/h4-12H,3H2,1-2H3,(H,20,21)/b17-12-. The smallest absolute Gasteiger partial charge is 0.331 e. The number of aromatic nitrogens is 2. The van der Waals surface area contributed by atoms with Crippen molar-refractivity contribution >= 4 is 22.4 Å². The largest absolute Gasteiger partial charge is 0.463 e. The molecule has 3 aromatic rings. The first-order valence-electron chi connectivity index (χ1n) is 7.58. The molecular formula is C19H18N2O2. The average Bonchev–Trinajstić information content (AvgIpc) is 2.94. The third kappa shape index (κ3) is 3.16. The van der Waals surface area contributed by atoms with Crippen LogP contribution in [0.4, 0.5) is 0 Å². The highest BCUT2D eigenvalue weighted by atomic mass is 16.5. The van der Waals surface area contributed by atoms with Crippen molar-refractivity contribution in [2.45, 2.75) is 13.8 Å². The zero-order valence-corrected chi connectivity index (χ0v) is 13.2. The summed E-state index contributed by atoms with van der Waals surface area (Å²) in [5.74, 6) is -0.338. The van der Waals surface area contributed by atoms with Crippen LogP contribution >= 0.6 is 0 Å². The fraction of sp³-hybridized carbons (Fsp3) is 0.158. The number of H-pyrrole nitrogens is 1. The van der Waals surface area contributed by atoms with Crippen molar-refractivity contribution in [2.24, 2.45) is 0 Å². The van der Waals surface area contributed by atoms with E-state index in [-0.39, 0.29) is 5.97 Å². The van der Waals surface area contributed by atoms with E-state index in [1.165, 1.54) is 0 Å². The van der Waals surface area contributed by atoms with Crippen molar-refractivity contribution in [3.8, 4) is 0 Å². The molecule has 0 saturated carbocycles. The van der Waals surface area contributed by atoms with Crippen molar-refractivity contribution < 1.29 is 9.53 Å². The lowest BCUT2D eigenvalue weighted by Gasteiger charge is -2.09. The Hall–Kier alpha value is -2.88. The molecule has 4 heteroatoms. The van der Waals surface area contributed by atoms with Gasteiger partial charge in [0.15, 0.2) is 0 Å². The number of nitrogens with one attached hydrogen (secondary N) is 1. The molecule has 0 saturated heterocycles. The van der Waals surface area contributed by atoms with Crippen molar-refractivity contribution in [1.29, 1.82) is 0 Å². The van der Waals surface area contributed by atoms with Gasteiger partial charge in [0.2, 0.25) is 0 Å². The molecule has 23 heavy (non-hydrogen) atoms. The molecule has 1 N–H and O–H groups in total. The summed E-state index contributed by atoms with van der Waals surface area (Å²) in [5.41, 5.74) is 4.69. The molecule has 0 fully saturated rings. The lowest BCUT2D eigenvalue weighted by molar-refractivity contribution is -0.137. The average molecular weight is 306 g/mol. The number of fused-ring (bicyclic) bond motifs is 1. The number of benzene rings is 2. The highest BCUT2D eigenvalue weighted by Gasteiger charge is 2.10. The quantitative estimate of drug-likeness (QED) is 0.588. The van der Waals surface area contributed by atoms with E-state index >= 15 is 0 Å². The normalized spacial score (nSPS) is 11.7. The van der Waals surface area contributed by atoms with Gasteiger partial charge in [-0.2, -0.15) is 5.10 Å². The Balaban J connectivity index is 2.13. The van der Waals surface area contributed by atoms with Crippen molar-refractivity contribution in [2.75, 3.05) is 6.61 Å². The molecule has 0 amide bonds. The topological polar surface area (TPSA) is 55.0 Å². The van der Waals surface area contributed by atoms with Gasteiger partial charge in [0.25, 0.3) is 0 Å². The Bertz CT molecular complexity index is 863. The lowest BCUT2D eigenvalue weighted by Crippen LogP contribution is -2.01. The highest BCUT2D eigenvalue weighted by molar-refractivity contribution is 5.98. The zero-order valence-electron chi connectivity index (χ0n) is 13.2. The Labute approximate surface area is 134 Å². The Morgan fingerprint density at radius 1 is 1.17 bits per heavy atom. The van der Waals surface area contributed by atoms with E-state index in [9.17, 15) is 4.79 Å². The first-order chi connectivity index (χ1) is 11.2. The molecule has 0 atom stereocenters. The Kier molecular flexibility index (Phi) is 4.24. The number of rotatable bonds is 4. The monoisotopic (exact) mass is 306 g/mol. The number of aryl methyl sites for hydroxylation is 1. The van der Waals surface area contributed by atoms with Crippen LogP contribution in [-0.2, 0) is 9.53 Å². The fourth-order valence-corrected chi connectivity index (χ4v) is 2.57. The van der Waals surface area contributed by atoms with E-state index in [1.54, 1.807) is 13.0 Å². The second-order valence-corrected chi connectivity index (χ2v) is 5.25. The molecule has 0 aliphatic rings. The van der Waals surface area contributed by atoms with E-state index < -0.39 is 0 Å². The van der Waals surface area contributed by atoms with E-state index in [2.05, 4.69) is 10.2 Å². The second kappa shape index (κ2) is 6.48. The summed E-state index contributed by atoms with van der Waals surface area (Å²) in [7, 11) is 0. The molecule has 0 spiro atoms. The van der Waals surface area contributed by atoms with Gasteiger partial charge in [-0.1, -0.05) is 36.4 Å². The summed E-state index contributed by atoms with van der Waals surface area (Å²) >= 11 is 0. The van der Waals surface area contributed by atoms with E-state index in [0.717, 1.165) is 33.3 Å². The van der Waals surface area contributed by atoms with Crippen molar-refractivity contribution in [3.05, 3.63) is 71.4 Å². The predicted molar refractivity (Wildman–Crippen MR) is 91.0 cm³/mol. The number of nitrogens with zero attached hydrogens (tertiary/aromatic N) is 1. The minimum atomic E-state index is -0.338. The summed E-state index contributed by atoms with van der Waals surface area (Å²) in [6.07, 6.45) is 1.55. The SMILES string of the molecule is CCOC(=O)/C=C(/c1ccccc1)c1ccc2[nH]nc(C)c2c1. The summed E-state index contributed by atoms with van der Waals surface area (Å²) in [6.45, 7) is 4.12. The molecule has 0 aliphatic carbocycles. The first kappa shape index (κ1) is 15.0. The van der Waals surface area contributed by atoms with Gasteiger partial charge in [-0.05, 0) is 42.7 Å². The maximum atomic E-state index is 12.0. The molecule has 3 rings (SSSR count). The van der Waals surface area contributed by atoms with Gasteiger partial charge in [0, 0.05) is 11.5 Å². The molecule has 4 nitrogen and oxygen atoms in total. The van der Waals surface area contributed by atoms with Crippen LogP contribution in [0, 0.1) is 6.92 Å². The number of aromatic amines is 1. The van der Waals surface area contributed by atoms with Gasteiger partial charge < -0.3 is 4.74 Å². The van der Waals surface area contributed by atoms with Crippen LogP contribution in [0.25, 0.3) is 16.5 Å². The van der Waals surface area contributed by atoms with E-state index in [1.807, 2.05) is 55.5 Å². The van der Waals surface area contributed by atoms with Crippen LogP contribution in [0.5, 0.6) is 0 Å². The molecule has 0 aliphatic heterocycles. The van der Waals surface area contributed by atoms with E-state index in [4.69, 9.17) is 4.74 Å². The van der Waals surface area contributed by atoms with Crippen LogP contribution in [0.2, 0.25) is 0 Å². The lowest BCUT2D eigenvalue weighted by atomic mass is 9.96. The molecule has 1 aromatic heterocycles. The fourth-order valence-electron chi connectivity index (χ4n) is 2.57. The van der Waals surface area contributed by atoms with Gasteiger partial charge in [-0.25, -0.2) is 4.79 Å². The van der Waals surface area contributed by atoms with Crippen LogP contribution in [0.1, 0.15) is 23.7 Å². The molecule has 0 radical (unpaired) electrons. The second-order valence-electron chi connectivity index (χ2n) is 5.25. The van der Waals surface area contributed by atoms with Gasteiger partial charge in [-0.3, -0.25) is 5.10 Å². The number of hydrogen-bond acceptors (Lipinski definition) is 3. The summed E-state index contributed by atoms with van der Waals surface area (Å²) in [5, 5.41) is 8.27. The van der Waals surface area contributed by atoms with Gasteiger partial charge in [-0.15, -0.1) is 0 Å². The molecule has 0 unspecified atom stereocenters. The number of esters is 1. The predicted octanol–water partition coefficient (Wildman–Crippen LogP) is 3.87. The van der Waals surface area contributed by atoms with E-state index in [0.29, 0.717) is 6.61 Å². The third-order valence-corrected chi connectivity index (χ3v) is 3.70. The van der Waals surface area contributed by atoms with Crippen LogP contribution in [0.15, 0.2) is 54.6 Å². The molecular weight excluding hydrogens is 288 g/mol. The molecule has 2 aromatic carbocycles. The van der Waals surface area contributed by atoms with Crippen molar-refractivity contribution in [1.82, 2.24) is 10.2 Å². The Morgan fingerprint density at radius 3 is 2.70 bits per heavy atom. The number of ether oxygens (including phenoxy) is 1. The maximum absolute atomic E-state index is 12.0. The maximum Gasteiger partial charge on any atom is 0.331 e. The summed E-state index contributed by atoms with van der Waals surface area (Å²) < 4.78 is 5.08. The number of carbonyl (C=O) groups is 1. The minimum absolute atomic E-state index is 0.338. The summed E-state index contributed by atoms with van der Waals surface area (Å²) in [6, 6.07) is 15.8. The van der Waals surface area contributed by atoms with Crippen LogP contribution in [-0.4, -0.2) is 22.8 Å². The van der Waals surface area contributed by atoms with Crippen LogP contribution in [0.3, 0.4) is 0 Å². The Morgan fingerprint density at radius 2 is 1.96 bits per heavy atom. The molecule has 1 heterocycles. The van der Waals surface area contributed by atoms with Gasteiger partial charge >= 0.3 is 5.97 Å². The minimum Gasteiger partial charge on any atom is -0.463 e. The number of carbonyl (C=O) groups excluding carboxylic acids is 1. The van der Waals surface area contributed by atoms with Crippen LogP contribution < -0.4 is 0 Å². The first-order valence-corrected chi connectivity index (χ1v) is 7.58.